The first-order chi connectivity index (χ1) is 8.38. The molecule has 0 atom stereocenters. The van der Waals surface area contributed by atoms with Crippen molar-refractivity contribution in [1.82, 2.24) is 16.2 Å². The lowest BCUT2D eigenvalue weighted by Gasteiger charge is -2.15. The van der Waals surface area contributed by atoms with Crippen molar-refractivity contribution < 1.29 is 18.2 Å². The number of nitro groups is 1. The smallest absolute Gasteiger partial charge is 0.266 e. The highest BCUT2D eigenvalue weighted by Crippen LogP contribution is 2.31. The molecule has 97 valence electrons. The second kappa shape index (κ2) is 4.31. The molecule has 1 fully saturated rings. The molecule has 2 N–H and O–H groups in total. The van der Waals surface area contributed by atoms with Gasteiger partial charge in [0.2, 0.25) is 0 Å². The maximum absolute atomic E-state index is 12.5. The molecular formula is C8H7F3N5O2. The zero-order chi connectivity index (χ0) is 13.3. The van der Waals surface area contributed by atoms with Crippen LogP contribution in [0.5, 0.6) is 0 Å². The number of alkyl halides is 3. The number of nitrogens with zero attached hydrogens (tertiary/aromatic N) is 3. The second-order valence-corrected chi connectivity index (χ2v) is 3.39. The van der Waals surface area contributed by atoms with Gasteiger partial charge in [-0.25, -0.2) is 10.1 Å². The van der Waals surface area contributed by atoms with Crippen LogP contribution < -0.4 is 16.1 Å². The van der Waals surface area contributed by atoms with Crippen LogP contribution in [0.2, 0.25) is 0 Å². The van der Waals surface area contributed by atoms with Crippen LogP contribution >= 0.6 is 0 Å². The number of anilines is 1. The molecule has 18 heavy (non-hydrogen) atoms. The number of hydrogen-bond acceptors (Lipinski definition) is 5. The average molecular weight is 262 g/mol. The first kappa shape index (κ1) is 12.4. The Bertz CT molecular complexity index is 466. The van der Waals surface area contributed by atoms with E-state index in [2.05, 4.69) is 17.1 Å². The standard InChI is InChI=1S/C8H7F3N5O2/c9-8(10,11)6-2-1-3-7(4-6)14-5-15(13-12-14)16(17)18/h1-2,4,12-13H,5H2. The minimum absolute atomic E-state index is 0.0432. The minimum Gasteiger partial charge on any atom is -0.266 e. The first-order valence-corrected chi connectivity index (χ1v) is 4.67. The summed E-state index contributed by atoms with van der Waals surface area (Å²) in [6, 6.07) is 5.38. The summed E-state index contributed by atoms with van der Waals surface area (Å²) >= 11 is 0. The Hall–Kier alpha value is -2.07. The van der Waals surface area contributed by atoms with Crippen molar-refractivity contribution in [2.45, 2.75) is 6.18 Å². The summed E-state index contributed by atoms with van der Waals surface area (Å²) in [6.07, 6.45) is -4.47. The molecule has 0 bridgehead atoms. The summed E-state index contributed by atoms with van der Waals surface area (Å²) in [6.45, 7) is -0.259. The van der Waals surface area contributed by atoms with Gasteiger partial charge in [0.15, 0.2) is 11.7 Å². The van der Waals surface area contributed by atoms with E-state index in [1.807, 2.05) is 0 Å². The Labute approximate surface area is 98.8 Å². The van der Waals surface area contributed by atoms with Crippen molar-refractivity contribution in [2.75, 3.05) is 11.7 Å². The molecule has 1 saturated heterocycles. The van der Waals surface area contributed by atoms with E-state index in [1.54, 1.807) is 0 Å². The second-order valence-electron chi connectivity index (χ2n) is 3.39. The number of hydrazine groups is 4. The van der Waals surface area contributed by atoms with Gasteiger partial charge in [-0.3, -0.25) is 5.01 Å². The van der Waals surface area contributed by atoms with Crippen LogP contribution in [-0.4, -0.2) is 16.8 Å². The van der Waals surface area contributed by atoms with Crippen LogP contribution in [0.4, 0.5) is 18.9 Å². The van der Waals surface area contributed by atoms with Crippen molar-refractivity contribution >= 4 is 5.69 Å². The Morgan fingerprint density at radius 2 is 2.17 bits per heavy atom. The van der Waals surface area contributed by atoms with Crippen LogP contribution in [0.15, 0.2) is 18.2 Å². The number of rotatable bonds is 2. The molecule has 1 aromatic rings. The van der Waals surface area contributed by atoms with E-state index >= 15 is 0 Å². The van der Waals surface area contributed by atoms with Gasteiger partial charge in [-0.2, -0.15) is 13.2 Å². The summed E-state index contributed by atoms with van der Waals surface area (Å²) in [5, 5.41) is 11.4. The summed E-state index contributed by atoms with van der Waals surface area (Å²) in [5.41, 5.74) is 3.72. The maximum Gasteiger partial charge on any atom is 0.416 e. The molecule has 0 aromatic heterocycles. The summed E-state index contributed by atoms with van der Waals surface area (Å²) in [5.74, 6) is 0. The highest BCUT2D eigenvalue weighted by molar-refractivity contribution is 5.47. The van der Waals surface area contributed by atoms with Crippen LogP contribution in [-0.2, 0) is 6.18 Å². The van der Waals surface area contributed by atoms with Gasteiger partial charge in [0.05, 0.1) is 11.3 Å². The third-order valence-electron chi connectivity index (χ3n) is 2.19. The van der Waals surface area contributed by atoms with Crippen molar-refractivity contribution in [2.24, 2.45) is 0 Å². The fourth-order valence-electron chi connectivity index (χ4n) is 1.34. The Balaban J connectivity index is 2.18. The third kappa shape index (κ3) is 2.43. The molecule has 0 spiro atoms. The molecule has 1 radical (unpaired) electrons. The minimum atomic E-state index is -4.47. The van der Waals surface area contributed by atoms with E-state index < -0.39 is 16.8 Å². The SMILES string of the molecule is O=[N+]([O-])N1CN(c2[c]ccc(C(F)(F)F)c2)NN1. The molecule has 1 aliphatic heterocycles. The van der Waals surface area contributed by atoms with Crippen LogP contribution in [0.3, 0.4) is 0 Å². The van der Waals surface area contributed by atoms with Gasteiger partial charge in [0, 0.05) is 6.07 Å². The van der Waals surface area contributed by atoms with Crippen LogP contribution in [0, 0.1) is 16.2 Å². The van der Waals surface area contributed by atoms with Gasteiger partial charge >= 0.3 is 6.18 Å². The zero-order valence-electron chi connectivity index (χ0n) is 8.73. The lowest BCUT2D eigenvalue weighted by Crippen LogP contribution is -2.40. The summed E-state index contributed by atoms with van der Waals surface area (Å²) in [7, 11) is 0. The highest BCUT2D eigenvalue weighted by Gasteiger charge is 2.32. The first-order valence-electron chi connectivity index (χ1n) is 4.67. The molecule has 0 unspecified atom stereocenters. The van der Waals surface area contributed by atoms with Gasteiger partial charge in [-0.15, -0.1) is 5.53 Å². The Morgan fingerprint density at radius 1 is 1.44 bits per heavy atom. The topological polar surface area (TPSA) is 73.7 Å². The van der Waals surface area contributed by atoms with Crippen molar-refractivity contribution in [3.05, 3.63) is 39.9 Å². The summed E-state index contributed by atoms with van der Waals surface area (Å²) in [4.78, 5) is 10.4. The fraction of sp³-hybridized carbons (Fsp3) is 0.250. The molecule has 2 rings (SSSR count). The van der Waals surface area contributed by atoms with Crippen molar-refractivity contribution in [3.63, 3.8) is 0 Å². The van der Waals surface area contributed by atoms with E-state index in [4.69, 9.17) is 0 Å². The fourth-order valence-corrected chi connectivity index (χ4v) is 1.34. The lowest BCUT2D eigenvalue weighted by molar-refractivity contribution is -0.666. The molecule has 7 nitrogen and oxygen atoms in total. The summed E-state index contributed by atoms with van der Waals surface area (Å²) < 4.78 is 37.4. The molecule has 1 heterocycles. The van der Waals surface area contributed by atoms with Crippen molar-refractivity contribution in [3.8, 4) is 0 Å². The predicted molar refractivity (Wildman–Crippen MR) is 52.7 cm³/mol. The molecule has 0 saturated carbocycles. The number of hydrogen-bond donors (Lipinski definition) is 2. The largest absolute Gasteiger partial charge is 0.416 e. The molecule has 1 aromatic carbocycles. The van der Waals surface area contributed by atoms with E-state index in [-0.39, 0.29) is 12.4 Å². The van der Waals surface area contributed by atoms with E-state index in [1.165, 1.54) is 0 Å². The van der Waals surface area contributed by atoms with E-state index in [9.17, 15) is 23.3 Å². The molecular weight excluding hydrogens is 255 g/mol. The van der Waals surface area contributed by atoms with E-state index in [0.717, 1.165) is 23.2 Å². The lowest BCUT2D eigenvalue weighted by atomic mass is 10.2. The number of halogens is 3. The molecule has 0 amide bonds. The average Bonchev–Trinajstić information content (AvgIpc) is 2.77. The Morgan fingerprint density at radius 3 is 2.72 bits per heavy atom. The number of benzene rings is 1. The quantitative estimate of drug-likeness (QED) is 0.603. The van der Waals surface area contributed by atoms with E-state index in [0.29, 0.717) is 5.12 Å². The van der Waals surface area contributed by atoms with Crippen LogP contribution in [0.1, 0.15) is 5.56 Å². The highest BCUT2D eigenvalue weighted by atomic mass is 19.4. The molecule has 10 heteroatoms. The van der Waals surface area contributed by atoms with Gasteiger partial charge in [-0.05, 0) is 17.3 Å². The van der Waals surface area contributed by atoms with Crippen molar-refractivity contribution in [1.29, 1.82) is 0 Å². The zero-order valence-corrected chi connectivity index (χ0v) is 8.73. The van der Waals surface area contributed by atoms with Crippen LogP contribution in [0.25, 0.3) is 0 Å². The van der Waals surface area contributed by atoms with Gasteiger partial charge in [0.1, 0.15) is 0 Å². The monoisotopic (exact) mass is 262 g/mol. The van der Waals surface area contributed by atoms with Gasteiger partial charge in [-0.1, -0.05) is 11.6 Å². The predicted octanol–water partition coefficient (Wildman–Crippen LogP) is 0.701. The van der Waals surface area contributed by atoms with Gasteiger partial charge in [0.25, 0.3) is 0 Å². The molecule has 0 aliphatic carbocycles. The number of nitrogens with one attached hydrogen (secondary N) is 2. The van der Waals surface area contributed by atoms with Gasteiger partial charge < -0.3 is 0 Å². The Kier molecular flexibility index (Phi) is 2.97. The molecule has 1 aliphatic rings. The normalized spacial score (nSPS) is 16.2. The maximum atomic E-state index is 12.5. The third-order valence-corrected chi connectivity index (χ3v) is 2.19.